The largest absolute Gasteiger partial charge is 0.490 e. The van der Waals surface area contributed by atoms with Gasteiger partial charge in [-0.15, -0.1) is 0 Å². The Balaban J connectivity index is 1.76. The minimum absolute atomic E-state index is 0.00128. The summed E-state index contributed by atoms with van der Waals surface area (Å²) in [6.45, 7) is -0.816. The van der Waals surface area contributed by atoms with E-state index in [9.17, 15) is 37.7 Å². The first-order valence-corrected chi connectivity index (χ1v) is 9.45. The molecule has 2 aromatic carbocycles. The van der Waals surface area contributed by atoms with Crippen LogP contribution < -0.4 is 10.1 Å². The van der Waals surface area contributed by atoms with Crippen molar-refractivity contribution < 1.29 is 37.2 Å². The first kappa shape index (κ1) is 22.8. The summed E-state index contributed by atoms with van der Waals surface area (Å²) in [6, 6.07) is 5.28. The monoisotopic (exact) mass is 467 g/mol. The molecule has 3 rings (SSSR count). The van der Waals surface area contributed by atoms with Gasteiger partial charge in [-0.3, -0.25) is 29.4 Å². The highest BCUT2D eigenvalue weighted by Gasteiger charge is 2.36. The summed E-state index contributed by atoms with van der Waals surface area (Å²) in [5, 5.41) is 12.3. The number of carbonyl (C=O) groups is 3. The van der Waals surface area contributed by atoms with Crippen molar-refractivity contribution in [3.63, 3.8) is 0 Å². The van der Waals surface area contributed by atoms with Gasteiger partial charge < -0.3 is 10.1 Å². The highest BCUT2D eigenvalue weighted by Crippen LogP contribution is 2.34. The van der Waals surface area contributed by atoms with E-state index in [-0.39, 0.29) is 21.9 Å². The molecule has 0 aliphatic carbocycles. The van der Waals surface area contributed by atoms with Crippen LogP contribution >= 0.6 is 11.8 Å². The molecule has 1 saturated heterocycles. The summed E-state index contributed by atoms with van der Waals surface area (Å²) in [4.78, 5) is 47.7. The molecule has 0 radical (unpaired) electrons. The Morgan fingerprint density at radius 1 is 1.22 bits per heavy atom. The smallest absolute Gasteiger partial charge is 0.311 e. The van der Waals surface area contributed by atoms with Gasteiger partial charge in [0, 0.05) is 6.07 Å². The maximum atomic E-state index is 13.7. The lowest BCUT2D eigenvalue weighted by Crippen LogP contribution is -2.36. The fourth-order valence-corrected chi connectivity index (χ4v) is 3.52. The number of nitro benzene ring substituents is 1. The molecule has 3 amide bonds. The van der Waals surface area contributed by atoms with Crippen LogP contribution in [0, 0.1) is 27.6 Å². The molecule has 0 unspecified atom stereocenters. The Kier molecular flexibility index (Phi) is 6.48. The first-order valence-electron chi connectivity index (χ1n) is 8.63. The van der Waals surface area contributed by atoms with E-state index >= 15 is 0 Å². The second-order valence-corrected chi connectivity index (χ2v) is 7.22. The lowest BCUT2D eigenvalue weighted by molar-refractivity contribution is -0.385. The van der Waals surface area contributed by atoms with Crippen LogP contribution in [0.4, 0.5) is 29.3 Å². The molecule has 0 saturated carbocycles. The number of nitrogens with zero attached hydrogens (tertiary/aromatic N) is 2. The number of halogens is 3. The molecule has 0 aromatic heterocycles. The van der Waals surface area contributed by atoms with Gasteiger partial charge in [0.05, 0.1) is 22.6 Å². The van der Waals surface area contributed by atoms with Crippen molar-refractivity contribution in [2.24, 2.45) is 0 Å². The van der Waals surface area contributed by atoms with E-state index in [1.807, 2.05) is 5.32 Å². The zero-order valence-electron chi connectivity index (χ0n) is 16.1. The Morgan fingerprint density at radius 2 is 1.94 bits per heavy atom. The van der Waals surface area contributed by atoms with Gasteiger partial charge in [-0.2, -0.15) is 0 Å². The van der Waals surface area contributed by atoms with Crippen LogP contribution in [0.1, 0.15) is 5.56 Å². The van der Waals surface area contributed by atoms with Crippen LogP contribution in [0.15, 0.2) is 35.2 Å². The van der Waals surface area contributed by atoms with Crippen molar-refractivity contribution in [2.75, 3.05) is 19.0 Å². The summed E-state index contributed by atoms with van der Waals surface area (Å²) < 4.78 is 44.8. The number of anilines is 1. The molecular formula is C19H12F3N3O6S. The van der Waals surface area contributed by atoms with Crippen LogP contribution in [-0.2, 0) is 9.59 Å². The fourth-order valence-electron chi connectivity index (χ4n) is 2.68. The van der Waals surface area contributed by atoms with E-state index in [2.05, 4.69) is 0 Å². The van der Waals surface area contributed by atoms with Gasteiger partial charge >= 0.3 is 5.69 Å². The summed E-state index contributed by atoms with van der Waals surface area (Å²) in [5.74, 6) is -6.76. The van der Waals surface area contributed by atoms with Gasteiger partial charge in [0.15, 0.2) is 23.2 Å². The molecule has 1 heterocycles. The number of carbonyl (C=O) groups excluding carboxylic acids is 3. The van der Waals surface area contributed by atoms with Crippen LogP contribution in [0.5, 0.6) is 5.75 Å². The number of methoxy groups -OCH3 is 1. The molecule has 0 atom stereocenters. The Hall–Kier alpha value is -3.87. The van der Waals surface area contributed by atoms with Gasteiger partial charge in [0.2, 0.25) is 5.91 Å². The predicted octanol–water partition coefficient (Wildman–Crippen LogP) is 3.70. The average Bonchev–Trinajstić information content (AvgIpc) is 3.01. The molecule has 2 aromatic rings. The van der Waals surface area contributed by atoms with Crippen molar-refractivity contribution in [2.45, 2.75) is 0 Å². The van der Waals surface area contributed by atoms with E-state index in [0.717, 1.165) is 12.1 Å². The number of nitro groups is 1. The zero-order chi connectivity index (χ0) is 23.6. The lowest BCUT2D eigenvalue weighted by Gasteiger charge is -2.13. The minimum Gasteiger partial charge on any atom is -0.490 e. The second kappa shape index (κ2) is 9.09. The van der Waals surface area contributed by atoms with Crippen LogP contribution in [-0.4, -0.2) is 40.5 Å². The number of amides is 3. The molecule has 1 aliphatic heterocycles. The van der Waals surface area contributed by atoms with Crippen LogP contribution in [0.2, 0.25) is 0 Å². The number of hydrogen-bond acceptors (Lipinski definition) is 7. The average molecular weight is 467 g/mol. The SMILES string of the molecule is COc1ccc(/C=C2/SC(=O)N(CC(=O)Nc3ccc(F)c(F)c3F)C2=O)cc1[N+](=O)[O-]. The van der Waals surface area contributed by atoms with Crippen molar-refractivity contribution in [3.8, 4) is 5.75 Å². The lowest BCUT2D eigenvalue weighted by atomic mass is 10.1. The number of ether oxygens (including phenoxy) is 1. The van der Waals surface area contributed by atoms with Gasteiger partial charge in [0.25, 0.3) is 11.1 Å². The second-order valence-electron chi connectivity index (χ2n) is 6.23. The molecule has 32 heavy (non-hydrogen) atoms. The van der Waals surface area contributed by atoms with Gasteiger partial charge in [-0.25, -0.2) is 13.2 Å². The topological polar surface area (TPSA) is 119 Å². The molecule has 0 spiro atoms. The zero-order valence-corrected chi connectivity index (χ0v) is 16.9. The quantitative estimate of drug-likeness (QED) is 0.298. The summed E-state index contributed by atoms with van der Waals surface area (Å²) in [6.07, 6.45) is 1.23. The molecule has 13 heteroatoms. The number of nitrogens with one attached hydrogen (secondary N) is 1. The molecular weight excluding hydrogens is 455 g/mol. The number of hydrogen-bond donors (Lipinski definition) is 1. The minimum atomic E-state index is -1.79. The fraction of sp³-hybridized carbons (Fsp3) is 0.105. The molecule has 1 fully saturated rings. The van der Waals surface area contributed by atoms with Gasteiger partial charge in [-0.05, 0) is 41.6 Å². The number of rotatable bonds is 6. The third kappa shape index (κ3) is 4.56. The highest BCUT2D eigenvalue weighted by atomic mass is 32.2. The maximum absolute atomic E-state index is 13.7. The van der Waals surface area contributed by atoms with E-state index < -0.39 is 51.7 Å². The molecule has 1 N–H and O–H groups in total. The van der Waals surface area contributed by atoms with Crippen LogP contribution in [0.25, 0.3) is 6.08 Å². The van der Waals surface area contributed by atoms with Crippen molar-refractivity contribution in [1.82, 2.24) is 4.90 Å². The molecule has 9 nitrogen and oxygen atoms in total. The van der Waals surface area contributed by atoms with E-state index in [0.29, 0.717) is 22.7 Å². The van der Waals surface area contributed by atoms with E-state index in [4.69, 9.17) is 4.74 Å². The molecule has 1 aliphatic rings. The predicted molar refractivity (Wildman–Crippen MR) is 107 cm³/mol. The van der Waals surface area contributed by atoms with Gasteiger partial charge in [-0.1, -0.05) is 6.07 Å². The van der Waals surface area contributed by atoms with Crippen LogP contribution in [0.3, 0.4) is 0 Å². The van der Waals surface area contributed by atoms with E-state index in [1.54, 1.807) is 0 Å². The van der Waals surface area contributed by atoms with Gasteiger partial charge in [0.1, 0.15) is 6.54 Å². The number of thioether (sulfide) groups is 1. The Morgan fingerprint density at radius 3 is 2.59 bits per heavy atom. The summed E-state index contributed by atoms with van der Waals surface area (Å²) in [7, 11) is 1.25. The third-order valence-electron chi connectivity index (χ3n) is 4.18. The highest BCUT2D eigenvalue weighted by molar-refractivity contribution is 8.18. The molecule has 0 bridgehead atoms. The summed E-state index contributed by atoms with van der Waals surface area (Å²) in [5.41, 5.74) is -0.785. The third-order valence-corrected chi connectivity index (χ3v) is 5.09. The molecule has 166 valence electrons. The number of benzene rings is 2. The maximum Gasteiger partial charge on any atom is 0.311 e. The van der Waals surface area contributed by atoms with E-state index in [1.165, 1.54) is 25.3 Å². The Bertz CT molecular complexity index is 1190. The van der Waals surface area contributed by atoms with Crippen molar-refractivity contribution >= 4 is 46.3 Å². The Labute approximate surface area is 182 Å². The standard InChI is InChI=1S/C19H12F3N3O6S/c1-31-13-5-2-9(6-12(13)25(29)30)7-14-18(27)24(19(28)32-14)8-15(26)23-11-4-3-10(20)16(21)17(11)22/h2-7H,8H2,1H3,(H,23,26)/b14-7+. The van der Waals surface area contributed by atoms with Crippen molar-refractivity contribution in [1.29, 1.82) is 0 Å². The first-order chi connectivity index (χ1) is 15.1. The normalized spacial score (nSPS) is 14.8. The number of imide groups is 1. The van der Waals surface area contributed by atoms with Crippen molar-refractivity contribution in [3.05, 3.63) is 68.4 Å². The summed E-state index contributed by atoms with van der Waals surface area (Å²) >= 11 is 0.490.